The fraction of sp³-hybridized carbons (Fsp3) is 0.312. The topological polar surface area (TPSA) is 112 Å². The quantitative estimate of drug-likeness (QED) is 0.146. The Hall–Kier alpha value is -3.72. The van der Waals surface area contributed by atoms with Gasteiger partial charge >= 0.3 is 0 Å². The monoisotopic (exact) mass is 604 g/mol. The van der Waals surface area contributed by atoms with Crippen LogP contribution in [0.3, 0.4) is 0 Å². The molecule has 1 saturated heterocycles. The molecule has 0 saturated carbocycles. The Morgan fingerprint density at radius 2 is 1.67 bits per heavy atom. The van der Waals surface area contributed by atoms with E-state index in [1.54, 1.807) is 0 Å². The van der Waals surface area contributed by atoms with Crippen molar-refractivity contribution in [3.8, 4) is 0 Å². The number of hydrogen-bond donors (Lipinski definition) is 4. The maximum atomic E-state index is 7.11. The Labute approximate surface area is 257 Å². The number of piperazine rings is 1. The first-order valence-electron chi connectivity index (χ1n) is 14.2. The van der Waals surface area contributed by atoms with Crippen molar-refractivity contribution in [3.63, 3.8) is 0 Å². The number of aromatic amines is 1. The summed E-state index contributed by atoms with van der Waals surface area (Å²) in [6.07, 6.45) is 0. The molecule has 1 unspecified atom stereocenters. The van der Waals surface area contributed by atoms with Crippen LogP contribution < -0.4 is 16.8 Å². The molecule has 6 N–H and O–H groups in total. The third-order valence-electron chi connectivity index (χ3n) is 7.78. The van der Waals surface area contributed by atoms with Gasteiger partial charge in [0.2, 0.25) is 0 Å². The zero-order chi connectivity index (χ0) is 29.8. The van der Waals surface area contributed by atoms with Crippen LogP contribution in [-0.4, -0.2) is 51.5 Å². The maximum Gasteiger partial charge on any atom is 0.171 e. The van der Waals surface area contributed by atoms with E-state index in [9.17, 15) is 0 Å². The molecule has 1 atom stereocenters. The van der Waals surface area contributed by atoms with Crippen LogP contribution in [0.25, 0.3) is 10.9 Å². The molecular weight excluding hydrogens is 567 g/mol. The number of nitrogens with zero attached hydrogens (tertiary/aromatic N) is 4. The molecule has 10 heteroatoms. The number of aromatic nitrogens is 2. The van der Waals surface area contributed by atoms with Crippen LogP contribution in [0.15, 0.2) is 83.4 Å². The van der Waals surface area contributed by atoms with Crippen LogP contribution in [0.5, 0.6) is 0 Å². The van der Waals surface area contributed by atoms with Gasteiger partial charge in [-0.05, 0) is 54.3 Å². The van der Waals surface area contributed by atoms with Crippen LogP contribution in [-0.2, 0) is 13.1 Å². The van der Waals surface area contributed by atoms with E-state index in [-0.39, 0.29) is 6.04 Å². The van der Waals surface area contributed by atoms with Gasteiger partial charge in [-0.2, -0.15) is 5.10 Å². The molecule has 1 aliphatic rings. The Morgan fingerprint density at radius 1 is 1.02 bits per heavy atom. The molecule has 0 spiro atoms. The van der Waals surface area contributed by atoms with Gasteiger partial charge in [0.15, 0.2) is 5.82 Å². The Kier molecular flexibility index (Phi) is 9.26. The predicted molar refractivity (Wildman–Crippen MR) is 173 cm³/mol. The summed E-state index contributed by atoms with van der Waals surface area (Å²) >= 11 is 13.2. The lowest BCUT2D eigenvalue weighted by molar-refractivity contribution is 0.200. The maximum absolute atomic E-state index is 7.11. The van der Waals surface area contributed by atoms with Crippen molar-refractivity contribution in [1.82, 2.24) is 25.3 Å². The molecule has 42 heavy (non-hydrogen) atoms. The minimum absolute atomic E-state index is 0.281. The third-order valence-corrected chi connectivity index (χ3v) is 8.52. The van der Waals surface area contributed by atoms with Crippen molar-refractivity contribution in [2.75, 3.05) is 19.6 Å². The van der Waals surface area contributed by atoms with Gasteiger partial charge in [0.1, 0.15) is 11.7 Å². The number of benzene rings is 3. The first-order chi connectivity index (χ1) is 20.2. The van der Waals surface area contributed by atoms with Gasteiger partial charge < -0.3 is 26.6 Å². The average molecular weight is 606 g/mol. The molecule has 1 aromatic heterocycles. The fourth-order valence-corrected chi connectivity index (χ4v) is 5.61. The summed E-state index contributed by atoms with van der Waals surface area (Å²) in [7, 11) is 0. The standard InChI is InChI=1S/C32H38Cl2N8/c1-20(2)29-19-41(15-14-37-29)32(38-30(35)22-12-13-28-25(16-22)21(3)39-40-28)31(36)42(17-23-8-4-6-10-26(23)33)18-24-9-5-7-11-27(24)34/h4-13,16,20,29,37H,14-15,17-19,36H2,1-3H3,(H2,35,38)(H,39,40)/b32-31-. The van der Waals surface area contributed by atoms with Crippen molar-refractivity contribution in [2.24, 2.45) is 22.4 Å². The van der Waals surface area contributed by atoms with Crippen LogP contribution in [0, 0.1) is 12.8 Å². The summed E-state index contributed by atoms with van der Waals surface area (Å²) < 4.78 is 0. The lowest BCUT2D eigenvalue weighted by Crippen LogP contribution is -2.53. The summed E-state index contributed by atoms with van der Waals surface area (Å²) in [5.41, 5.74) is 18.4. The Morgan fingerprint density at radius 3 is 2.29 bits per heavy atom. The van der Waals surface area contributed by atoms with Crippen LogP contribution >= 0.6 is 23.2 Å². The second-order valence-electron chi connectivity index (χ2n) is 11.1. The molecule has 4 aromatic rings. The van der Waals surface area contributed by atoms with E-state index in [1.807, 2.05) is 73.7 Å². The Balaban J connectivity index is 1.62. The first-order valence-corrected chi connectivity index (χ1v) is 15.0. The highest BCUT2D eigenvalue weighted by Crippen LogP contribution is 2.26. The average Bonchev–Trinajstić information content (AvgIpc) is 3.37. The van der Waals surface area contributed by atoms with Gasteiger partial charge in [0, 0.05) is 65.5 Å². The Bertz CT molecular complexity index is 1560. The second-order valence-corrected chi connectivity index (χ2v) is 11.9. The lowest BCUT2D eigenvalue weighted by Gasteiger charge is -2.39. The number of aliphatic imine (C=N–C) groups is 1. The van der Waals surface area contributed by atoms with Gasteiger partial charge in [0.05, 0.1) is 5.52 Å². The molecule has 0 aliphatic carbocycles. The zero-order valence-electron chi connectivity index (χ0n) is 24.2. The van der Waals surface area contributed by atoms with E-state index in [4.69, 9.17) is 39.7 Å². The normalized spacial score (nSPS) is 16.7. The molecule has 3 aromatic carbocycles. The molecule has 220 valence electrons. The van der Waals surface area contributed by atoms with Crippen LogP contribution in [0.2, 0.25) is 10.0 Å². The van der Waals surface area contributed by atoms with Crippen LogP contribution in [0.1, 0.15) is 36.2 Å². The molecule has 0 bridgehead atoms. The zero-order valence-corrected chi connectivity index (χ0v) is 25.8. The summed E-state index contributed by atoms with van der Waals surface area (Å²) in [5.74, 6) is 1.95. The van der Waals surface area contributed by atoms with Crippen molar-refractivity contribution in [1.29, 1.82) is 0 Å². The fourth-order valence-electron chi connectivity index (χ4n) is 5.22. The summed E-state index contributed by atoms with van der Waals surface area (Å²) in [5, 5.41) is 13.4. The molecule has 1 fully saturated rings. The second kappa shape index (κ2) is 13.1. The van der Waals surface area contributed by atoms with Crippen molar-refractivity contribution < 1.29 is 0 Å². The molecule has 1 aliphatic heterocycles. The molecule has 0 radical (unpaired) electrons. The molecular formula is C32H38Cl2N8. The van der Waals surface area contributed by atoms with E-state index in [0.29, 0.717) is 46.5 Å². The number of amidine groups is 1. The highest BCUT2D eigenvalue weighted by molar-refractivity contribution is 6.31. The highest BCUT2D eigenvalue weighted by atomic mass is 35.5. The SMILES string of the molecule is Cc1[nH]nc2ccc(/C(N)=N/C(=C(\N)N(Cc3ccccc3Cl)Cc3ccccc3Cl)N3CCNC(C(C)C)C3)cc12. The van der Waals surface area contributed by atoms with E-state index >= 15 is 0 Å². The number of halogens is 2. The number of aryl methyl sites for hydroxylation is 1. The summed E-state index contributed by atoms with van der Waals surface area (Å²) in [4.78, 5) is 9.35. The van der Waals surface area contributed by atoms with E-state index in [1.165, 1.54) is 0 Å². The van der Waals surface area contributed by atoms with Gasteiger partial charge in [-0.3, -0.25) is 5.10 Å². The van der Waals surface area contributed by atoms with Gasteiger partial charge in [-0.15, -0.1) is 0 Å². The lowest BCUT2D eigenvalue weighted by atomic mass is 10.0. The number of H-pyrrole nitrogens is 1. The van der Waals surface area contributed by atoms with Crippen molar-refractivity contribution in [3.05, 3.63) is 111 Å². The summed E-state index contributed by atoms with van der Waals surface area (Å²) in [6.45, 7) is 9.65. The molecule has 5 rings (SSSR count). The third kappa shape index (κ3) is 6.67. The molecule has 8 nitrogen and oxygen atoms in total. The smallest absolute Gasteiger partial charge is 0.171 e. The van der Waals surface area contributed by atoms with Crippen LogP contribution in [0.4, 0.5) is 0 Å². The predicted octanol–water partition coefficient (Wildman–Crippen LogP) is 5.60. The summed E-state index contributed by atoms with van der Waals surface area (Å²) in [6, 6.07) is 21.8. The van der Waals surface area contributed by atoms with Gasteiger partial charge in [-0.1, -0.05) is 73.4 Å². The number of rotatable bonds is 9. The van der Waals surface area contributed by atoms with E-state index < -0.39 is 0 Å². The number of fused-ring (bicyclic) bond motifs is 1. The number of hydrogen-bond acceptors (Lipinski definition) is 6. The minimum Gasteiger partial charge on any atom is -0.383 e. The minimum atomic E-state index is 0.281. The molecule has 0 amide bonds. The van der Waals surface area contributed by atoms with Crippen molar-refractivity contribution in [2.45, 2.75) is 39.9 Å². The largest absolute Gasteiger partial charge is 0.383 e. The number of nitrogens with one attached hydrogen (secondary N) is 2. The highest BCUT2D eigenvalue weighted by Gasteiger charge is 2.27. The number of nitrogens with two attached hydrogens (primary N) is 2. The van der Waals surface area contributed by atoms with E-state index in [2.05, 4.69) is 39.2 Å². The first kappa shape index (κ1) is 29.8. The molecule has 2 heterocycles. The van der Waals surface area contributed by atoms with Crippen molar-refractivity contribution >= 4 is 39.9 Å². The van der Waals surface area contributed by atoms with Gasteiger partial charge in [-0.25, -0.2) is 4.99 Å². The van der Waals surface area contributed by atoms with E-state index in [0.717, 1.165) is 52.9 Å². The van der Waals surface area contributed by atoms with Gasteiger partial charge in [0.25, 0.3) is 0 Å².